The quantitative estimate of drug-likeness (QED) is 0.470. The van der Waals surface area contributed by atoms with Crippen LogP contribution in [0.25, 0.3) is 0 Å². The highest BCUT2D eigenvalue weighted by Gasteiger charge is 2.24. The third-order valence-electron chi connectivity index (χ3n) is 5.63. The van der Waals surface area contributed by atoms with E-state index in [0.29, 0.717) is 61.0 Å². The van der Waals surface area contributed by atoms with E-state index in [9.17, 15) is 4.79 Å². The molecule has 1 saturated heterocycles. The van der Waals surface area contributed by atoms with Crippen LogP contribution < -0.4 is 0 Å². The Labute approximate surface area is 197 Å². The number of aromatic nitrogens is 1. The van der Waals surface area contributed by atoms with Crippen molar-refractivity contribution in [3.8, 4) is 0 Å². The summed E-state index contributed by atoms with van der Waals surface area (Å²) in [5, 5.41) is 1.21. The Balaban J connectivity index is 1.55. The first-order valence-corrected chi connectivity index (χ1v) is 11.3. The molecule has 2 heterocycles. The first kappa shape index (κ1) is 22.8. The second kappa shape index (κ2) is 10.5. The summed E-state index contributed by atoms with van der Waals surface area (Å²) in [6, 6.07) is 15.8. The Morgan fingerprint density at radius 2 is 1.88 bits per heavy atom. The molecule has 8 heteroatoms. The van der Waals surface area contributed by atoms with Crippen molar-refractivity contribution in [3.63, 3.8) is 0 Å². The number of carbonyl (C=O) groups excluding carboxylic acids is 1. The Morgan fingerprint density at radius 1 is 1.12 bits per heavy atom. The Hall–Kier alpha value is -2.38. The Kier molecular flexibility index (Phi) is 7.48. The molecule has 32 heavy (non-hydrogen) atoms. The van der Waals surface area contributed by atoms with Gasteiger partial charge in [-0.25, -0.2) is 4.98 Å². The van der Waals surface area contributed by atoms with Crippen LogP contribution in [0, 0.1) is 0 Å². The molecular weight excluding hydrogens is 449 g/mol. The first-order valence-electron chi connectivity index (χ1n) is 10.6. The summed E-state index contributed by atoms with van der Waals surface area (Å²) < 4.78 is 11.0. The second-order valence-electron chi connectivity index (χ2n) is 7.76. The molecule has 168 valence electrons. The lowest BCUT2D eigenvalue weighted by molar-refractivity contribution is 0.0299. The van der Waals surface area contributed by atoms with Gasteiger partial charge in [0.05, 0.1) is 19.8 Å². The number of rotatable bonds is 7. The predicted octanol–water partition coefficient (Wildman–Crippen LogP) is 5.22. The van der Waals surface area contributed by atoms with E-state index in [0.717, 1.165) is 11.1 Å². The maximum absolute atomic E-state index is 12.7. The van der Waals surface area contributed by atoms with E-state index in [1.54, 1.807) is 11.0 Å². The van der Waals surface area contributed by atoms with Crippen molar-refractivity contribution in [2.75, 3.05) is 26.3 Å². The van der Waals surface area contributed by atoms with E-state index < -0.39 is 0 Å². The molecule has 1 fully saturated rings. The number of hydrogen-bond acceptors (Lipinski definition) is 5. The van der Waals surface area contributed by atoms with Crippen LogP contribution in [0.3, 0.4) is 0 Å². The zero-order valence-electron chi connectivity index (χ0n) is 17.8. The summed E-state index contributed by atoms with van der Waals surface area (Å²) in [5.74, 6) is 0.348. The van der Waals surface area contributed by atoms with Gasteiger partial charge in [-0.05, 0) is 30.2 Å². The van der Waals surface area contributed by atoms with Crippen molar-refractivity contribution in [1.29, 1.82) is 0 Å². The number of halogens is 2. The third-order valence-corrected chi connectivity index (χ3v) is 6.21. The largest absolute Gasteiger partial charge is 0.447 e. The summed E-state index contributed by atoms with van der Waals surface area (Å²) in [6.07, 6.45) is 1.44. The van der Waals surface area contributed by atoms with E-state index in [4.69, 9.17) is 32.4 Å². The topological polar surface area (TPSA) is 58.8 Å². The van der Waals surface area contributed by atoms with Crippen LogP contribution in [0.15, 0.2) is 59.2 Å². The highest BCUT2D eigenvalue weighted by Crippen LogP contribution is 2.28. The second-order valence-corrected chi connectivity index (χ2v) is 8.60. The zero-order chi connectivity index (χ0) is 22.5. The van der Waals surface area contributed by atoms with Crippen molar-refractivity contribution < 1.29 is 13.9 Å². The molecule has 1 aliphatic rings. The van der Waals surface area contributed by atoms with Crippen LogP contribution in [0.1, 0.15) is 40.5 Å². The minimum absolute atomic E-state index is 0.0632. The highest BCUT2D eigenvalue weighted by molar-refractivity contribution is 6.35. The van der Waals surface area contributed by atoms with Crippen LogP contribution in [0.2, 0.25) is 10.0 Å². The average molecular weight is 474 g/mol. The summed E-state index contributed by atoms with van der Waals surface area (Å²) in [4.78, 5) is 21.2. The molecule has 2 aromatic carbocycles. The summed E-state index contributed by atoms with van der Waals surface area (Å²) in [6.45, 7) is 5.33. The molecule has 0 spiro atoms. The van der Waals surface area contributed by atoms with E-state index >= 15 is 0 Å². The maximum atomic E-state index is 12.7. The van der Waals surface area contributed by atoms with Crippen molar-refractivity contribution in [3.05, 3.63) is 87.6 Å². The minimum Gasteiger partial charge on any atom is -0.447 e. The summed E-state index contributed by atoms with van der Waals surface area (Å²) in [5.41, 5.74) is 2.43. The van der Waals surface area contributed by atoms with Gasteiger partial charge in [-0.15, -0.1) is 0 Å². The van der Waals surface area contributed by atoms with Gasteiger partial charge in [0.25, 0.3) is 5.91 Å². The highest BCUT2D eigenvalue weighted by atomic mass is 35.5. The molecule has 1 aromatic heterocycles. The van der Waals surface area contributed by atoms with Gasteiger partial charge in [0.2, 0.25) is 5.89 Å². The van der Waals surface area contributed by atoms with E-state index in [1.807, 2.05) is 30.3 Å². The molecule has 0 unspecified atom stereocenters. The normalized spacial score (nSPS) is 15.2. The zero-order valence-corrected chi connectivity index (χ0v) is 19.4. The minimum atomic E-state index is -0.133. The third kappa shape index (κ3) is 5.51. The van der Waals surface area contributed by atoms with Crippen LogP contribution >= 0.6 is 23.2 Å². The van der Waals surface area contributed by atoms with Crippen LogP contribution in [0.5, 0.6) is 0 Å². The summed E-state index contributed by atoms with van der Waals surface area (Å²) >= 11 is 12.5. The van der Waals surface area contributed by atoms with Gasteiger partial charge >= 0.3 is 0 Å². The van der Waals surface area contributed by atoms with Gasteiger partial charge in [0.1, 0.15) is 6.26 Å². The monoisotopic (exact) mass is 473 g/mol. The molecular formula is C24H25Cl2N3O3. The van der Waals surface area contributed by atoms with Gasteiger partial charge < -0.3 is 14.1 Å². The van der Waals surface area contributed by atoms with Crippen LogP contribution in [-0.4, -0.2) is 47.0 Å². The van der Waals surface area contributed by atoms with E-state index in [2.05, 4.69) is 28.9 Å². The van der Waals surface area contributed by atoms with Crippen molar-refractivity contribution in [2.24, 2.45) is 0 Å². The smallest absolute Gasteiger partial charge is 0.275 e. The molecule has 1 aliphatic heterocycles. The van der Waals surface area contributed by atoms with Gasteiger partial charge in [-0.3, -0.25) is 9.69 Å². The van der Waals surface area contributed by atoms with Crippen molar-refractivity contribution in [2.45, 2.75) is 26.1 Å². The van der Waals surface area contributed by atoms with Gasteiger partial charge in [-0.1, -0.05) is 59.6 Å². The molecule has 0 bridgehead atoms. The molecule has 0 aliphatic carbocycles. The van der Waals surface area contributed by atoms with Crippen LogP contribution in [-0.2, 0) is 17.8 Å². The standard InChI is InChI=1S/C24H25Cl2N3O3/c1-17(18-5-3-2-4-6-18)29(14-19-7-8-20(25)13-21(19)26)15-23-27-22(16-32-23)24(30)28-9-11-31-12-10-28/h2-8,13,16-17H,9-12,14-15H2,1H3/t17-/m0/s1. The van der Waals surface area contributed by atoms with Gasteiger partial charge in [0, 0.05) is 35.7 Å². The first-order chi connectivity index (χ1) is 15.5. The molecule has 3 aromatic rings. The lowest BCUT2D eigenvalue weighted by atomic mass is 10.1. The fourth-order valence-corrected chi connectivity index (χ4v) is 4.19. The summed E-state index contributed by atoms with van der Waals surface area (Å²) in [7, 11) is 0. The molecule has 6 nitrogen and oxygen atoms in total. The van der Waals surface area contributed by atoms with Gasteiger partial charge in [-0.2, -0.15) is 0 Å². The fourth-order valence-electron chi connectivity index (χ4n) is 3.72. The van der Waals surface area contributed by atoms with Crippen molar-refractivity contribution in [1.82, 2.24) is 14.8 Å². The van der Waals surface area contributed by atoms with E-state index in [1.165, 1.54) is 6.26 Å². The molecule has 0 saturated carbocycles. The number of ether oxygens (including phenoxy) is 1. The number of carbonyl (C=O) groups is 1. The molecule has 1 atom stereocenters. The Morgan fingerprint density at radius 3 is 2.59 bits per heavy atom. The van der Waals surface area contributed by atoms with Crippen molar-refractivity contribution >= 4 is 29.1 Å². The van der Waals surface area contributed by atoms with Crippen LogP contribution in [0.4, 0.5) is 0 Å². The van der Waals surface area contributed by atoms with Gasteiger partial charge in [0.15, 0.2) is 5.69 Å². The molecule has 4 rings (SSSR count). The average Bonchev–Trinajstić information content (AvgIpc) is 3.29. The number of amides is 1. The SMILES string of the molecule is C[C@@H](c1ccccc1)N(Cc1nc(C(=O)N2CCOCC2)co1)Cc1ccc(Cl)cc1Cl. The number of morpholine rings is 1. The molecule has 0 radical (unpaired) electrons. The lowest BCUT2D eigenvalue weighted by Crippen LogP contribution is -2.40. The van der Waals surface area contributed by atoms with E-state index in [-0.39, 0.29) is 11.9 Å². The predicted molar refractivity (Wildman–Crippen MR) is 124 cm³/mol. The molecule has 0 N–H and O–H groups in total. The number of nitrogens with zero attached hydrogens (tertiary/aromatic N) is 3. The number of hydrogen-bond donors (Lipinski definition) is 0. The molecule has 1 amide bonds. The number of benzene rings is 2. The fraction of sp³-hybridized carbons (Fsp3) is 0.333. The lowest BCUT2D eigenvalue weighted by Gasteiger charge is -2.29. The Bertz CT molecular complexity index is 1050. The maximum Gasteiger partial charge on any atom is 0.275 e. The number of oxazole rings is 1.